The van der Waals surface area contributed by atoms with Crippen LogP contribution in [0.25, 0.3) is 11.0 Å². The molecule has 3 aromatic rings. The highest BCUT2D eigenvalue weighted by Crippen LogP contribution is 2.30. The highest BCUT2D eigenvalue weighted by Gasteiger charge is 2.28. The number of rotatable bonds is 3. The number of benzene rings is 2. The van der Waals surface area contributed by atoms with Crippen molar-refractivity contribution in [1.29, 1.82) is 5.26 Å². The number of carbonyl (C=O) groups is 2. The first kappa shape index (κ1) is 16.0. The van der Waals surface area contributed by atoms with Gasteiger partial charge in [-0.25, -0.2) is 4.98 Å². The Hall–Kier alpha value is -3.46. The molecular weight excluding hydrogens is 328 g/mol. The highest BCUT2D eigenvalue weighted by molar-refractivity contribution is 6.04. The zero-order chi connectivity index (χ0) is 18.3. The van der Waals surface area contributed by atoms with Crippen molar-refractivity contribution in [3.63, 3.8) is 0 Å². The van der Waals surface area contributed by atoms with Crippen molar-refractivity contribution < 1.29 is 9.59 Å². The Kier molecular flexibility index (Phi) is 3.77. The molecule has 1 aliphatic heterocycles. The molecular formula is C20H16N4O2. The molecule has 6 nitrogen and oxygen atoms in total. The van der Waals surface area contributed by atoms with Gasteiger partial charge < -0.3 is 9.88 Å². The zero-order valence-electron chi connectivity index (χ0n) is 14.2. The number of imidazole rings is 1. The first-order valence-corrected chi connectivity index (χ1v) is 8.38. The standard InChI is InChI=1S/C20H16N4O2/c1-12(25)24-9-8-13-10-14(6-7-18(13)24)19(26)15(11-21)20-22-16-4-2-3-5-17(16)23-20/h2-7,10,15H,8-9H2,1H3,(H,22,23)/t15-/m1/s1. The maximum absolute atomic E-state index is 12.9. The molecule has 0 unspecified atom stereocenters. The fourth-order valence-corrected chi connectivity index (χ4v) is 3.40. The van der Waals surface area contributed by atoms with Gasteiger partial charge in [-0.2, -0.15) is 5.26 Å². The molecule has 1 aromatic heterocycles. The molecule has 128 valence electrons. The fraction of sp³-hybridized carbons (Fsp3) is 0.200. The second-order valence-electron chi connectivity index (χ2n) is 6.33. The highest BCUT2D eigenvalue weighted by atomic mass is 16.2. The molecule has 1 N–H and O–H groups in total. The van der Waals surface area contributed by atoms with E-state index in [0.29, 0.717) is 24.4 Å². The third-order valence-corrected chi connectivity index (χ3v) is 4.71. The molecule has 0 aliphatic carbocycles. The predicted molar refractivity (Wildman–Crippen MR) is 97.0 cm³/mol. The molecule has 0 saturated carbocycles. The minimum atomic E-state index is -0.995. The van der Waals surface area contributed by atoms with Crippen LogP contribution in [0.4, 0.5) is 5.69 Å². The summed E-state index contributed by atoms with van der Waals surface area (Å²) >= 11 is 0. The molecule has 0 saturated heterocycles. The summed E-state index contributed by atoms with van der Waals surface area (Å²) in [5.41, 5.74) is 3.77. The summed E-state index contributed by atoms with van der Waals surface area (Å²) in [5.74, 6) is -0.953. The number of nitriles is 1. The lowest BCUT2D eigenvalue weighted by Gasteiger charge is -2.15. The summed E-state index contributed by atoms with van der Waals surface area (Å²) in [4.78, 5) is 33.7. The number of hydrogen-bond acceptors (Lipinski definition) is 4. The number of Topliss-reactive ketones (excluding diaryl/α,β-unsaturated/α-hetero) is 1. The van der Waals surface area contributed by atoms with E-state index in [0.717, 1.165) is 22.3 Å². The number of nitrogens with zero attached hydrogens (tertiary/aromatic N) is 3. The zero-order valence-corrected chi connectivity index (χ0v) is 14.2. The van der Waals surface area contributed by atoms with Crippen molar-refractivity contribution in [2.75, 3.05) is 11.4 Å². The van der Waals surface area contributed by atoms with Crippen LogP contribution in [0.15, 0.2) is 42.5 Å². The maximum Gasteiger partial charge on any atom is 0.223 e. The van der Waals surface area contributed by atoms with Gasteiger partial charge in [0.25, 0.3) is 0 Å². The first-order valence-electron chi connectivity index (χ1n) is 8.38. The smallest absolute Gasteiger partial charge is 0.223 e. The molecule has 1 aliphatic rings. The van der Waals surface area contributed by atoms with Crippen LogP contribution in [0.2, 0.25) is 0 Å². The molecule has 4 rings (SSSR count). The number of anilines is 1. The first-order chi connectivity index (χ1) is 12.6. The van der Waals surface area contributed by atoms with E-state index in [1.807, 2.05) is 24.3 Å². The van der Waals surface area contributed by atoms with Gasteiger partial charge >= 0.3 is 0 Å². The van der Waals surface area contributed by atoms with E-state index in [1.54, 1.807) is 23.1 Å². The lowest BCUT2D eigenvalue weighted by Crippen LogP contribution is -2.25. The molecule has 0 bridgehead atoms. The van der Waals surface area contributed by atoms with Crippen LogP contribution < -0.4 is 4.90 Å². The number of carbonyl (C=O) groups excluding carboxylic acids is 2. The summed E-state index contributed by atoms with van der Waals surface area (Å²) in [5, 5.41) is 9.56. The summed E-state index contributed by atoms with van der Waals surface area (Å²) in [6.07, 6.45) is 0.706. The average Bonchev–Trinajstić information content (AvgIpc) is 3.25. The average molecular weight is 344 g/mol. The summed E-state index contributed by atoms with van der Waals surface area (Å²) in [6.45, 7) is 2.15. The number of hydrogen-bond donors (Lipinski definition) is 1. The summed E-state index contributed by atoms with van der Waals surface area (Å²) in [6, 6.07) is 14.7. The van der Waals surface area contributed by atoms with Crippen LogP contribution in [0.1, 0.15) is 34.6 Å². The minimum absolute atomic E-state index is 0.0139. The van der Waals surface area contributed by atoms with Gasteiger partial charge in [-0.15, -0.1) is 0 Å². The van der Waals surface area contributed by atoms with E-state index < -0.39 is 5.92 Å². The van der Waals surface area contributed by atoms with Gasteiger partial charge in [0.15, 0.2) is 11.7 Å². The monoisotopic (exact) mass is 344 g/mol. The Morgan fingerprint density at radius 2 is 2.08 bits per heavy atom. The number of amides is 1. The number of aromatic amines is 1. The second kappa shape index (κ2) is 6.12. The molecule has 6 heteroatoms. The Labute approximate surface area is 150 Å². The lowest BCUT2D eigenvalue weighted by atomic mass is 9.96. The van der Waals surface area contributed by atoms with Gasteiger partial charge in [0.2, 0.25) is 5.91 Å². The fourth-order valence-electron chi connectivity index (χ4n) is 3.40. The van der Waals surface area contributed by atoms with Gasteiger partial charge in [0.05, 0.1) is 17.1 Å². The predicted octanol–water partition coefficient (Wildman–Crippen LogP) is 2.96. The van der Waals surface area contributed by atoms with Crippen LogP contribution in [-0.4, -0.2) is 28.2 Å². The van der Waals surface area contributed by atoms with Gasteiger partial charge in [0, 0.05) is 24.7 Å². The molecule has 2 heterocycles. The quantitative estimate of drug-likeness (QED) is 0.740. The van der Waals surface area contributed by atoms with Crippen LogP contribution in [0.5, 0.6) is 0 Å². The van der Waals surface area contributed by atoms with Crippen molar-refractivity contribution in [3.05, 3.63) is 59.4 Å². The van der Waals surface area contributed by atoms with E-state index in [1.165, 1.54) is 6.92 Å². The molecule has 0 fully saturated rings. The van der Waals surface area contributed by atoms with Crippen LogP contribution >= 0.6 is 0 Å². The number of aromatic nitrogens is 2. The van der Waals surface area contributed by atoms with E-state index in [2.05, 4.69) is 16.0 Å². The Bertz CT molecular complexity index is 1040. The van der Waals surface area contributed by atoms with Crippen molar-refractivity contribution >= 4 is 28.4 Å². The van der Waals surface area contributed by atoms with Gasteiger partial charge in [-0.1, -0.05) is 12.1 Å². The van der Waals surface area contributed by atoms with E-state index in [4.69, 9.17) is 0 Å². The minimum Gasteiger partial charge on any atom is -0.340 e. The second-order valence-corrected chi connectivity index (χ2v) is 6.33. The number of fused-ring (bicyclic) bond motifs is 2. The molecule has 2 aromatic carbocycles. The topological polar surface area (TPSA) is 89.8 Å². The Morgan fingerprint density at radius 1 is 1.27 bits per heavy atom. The van der Waals surface area contributed by atoms with E-state index >= 15 is 0 Å². The number of ketones is 1. The molecule has 1 amide bonds. The van der Waals surface area contributed by atoms with E-state index in [-0.39, 0.29) is 11.7 Å². The Balaban J connectivity index is 1.68. The number of nitrogens with one attached hydrogen (secondary N) is 1. The largest absolute Gasteiger partial charge is 0.340 e. The van der Waals surface area contributed by atoms with Crippen molar-refractivity contribution in [1.82, 2.24) is 9.97 Å². The molecule has 26 heavy (non-hydrogen) atoms. The van der Waals surface area contributed by atoms with Gasteiger partial charge in [-0.05, 0) is 42.3 Å². The third kappa shape index (κ3) is 2.54. The van der Waals surface area contributed by atoms with Crippen LogP contribution in [-0.2, 0) is 11.2 Å². The van der Waals surface area contributed by atoms with Gasteiger partial charge in [-0.3, -0.25) is 9.59 Å². The number of H-pyrrole nitrogens is 1. The third-order valence-electron chi connectivity index (χ3n) is 4.71. The van der Waals surface area contributed by atoms with Crippen LogP contribution in [0, 0.1) is 11.3 Å². The van der Waals surface area contributed by atoms with Crippen molar-refractivity contribution in [2.45, 2.75) is 19.3 Å². The molecule has 1 atom stereocenters. The SMILES string of the molecule is CC(=O)N1CCc2cc(C(=O)[C@@H](C#N)c3nc4ccccc4[nH]3)ccc21. The summed E-state index contributed by atoms with van der Waals surface area (Å²) < 4.78 is 0. The maximum atomic E-state index is 12.9. The summed E-state index contributed by atoms with van der Waals surface area (Å²) in [7, 11) is 0. The Morgan fingerprint density at radius 3 is 2.81 bits per heavy atom. The normalized spacial score (nSPS) is 14.1. The van der Waals surface area contributed by atoms with E-state index in [9.17, 15) is 14.9 Å². The van der Waals surface area contributed by atoms with Gasteiger partial charge in [0.1, 0.15) is 5.82 Å². The van der Waals surface area contributed by atoms with Crippen LogP contribution in [0.3, 0.4) is 0 Å². The van der Waals surface area contributed by atoms with Crippen molar-refractivity contribution in [3.8, 4) is 6.07 Å². The lowest BCUT2D eigenvalue weighted by molar-refractivity contribution is -0.116. The van der Waals surface area contributed by atoms with Crippen molar-refractivity contribution in [2.24, 2.45) is 0 Å². The molecule has 0 radical (unpaired) electrons. The number of para-hydroxylation sites is 2. The molecule has 0 spiro atoms.